The topological polar surface area (TPSA) is 61.9 Å². The summed E-state index contributed by atoms with van der Waals surface area (Å²) in [6.07, 6.45) is 7.20. The van der Waals surface area contributed by atoms with Gasteiger partial charge in [-0.2, -0.15) is 0 Å². The lowest BCUT2D eigenvalue weighted by Crippen LogP contribution is -2.55. The Kier molecular flexibility index (Phi) is 8.80. The van der Waals surface area contributed by atoms with Gasteiger partial charge in [0.15, 0.2) is 0 Å². The quantitative estimate of drug-likeness (QED) is 0.743. The van der Waals surface area contributed by atoms with Crippen LogP contribution in [-0.4, -0.2) is 65.7 Å². The third-order valence-electron chi connectivity index (χ3n) is 7.31. The van der Waals surface area contributed by atoms with Crippen LogP contribution >= 0.6 is 0 Å². The Bertz CT molecular complexity index is 531. The predicted octanol–water partition coefficient (Wildman–Crippen LogP) is 4.18. The smallest absolute Gasteiger partial charge is 0.410 e. The third-order valence-corrected chi connectivity index (χ3v) is 7.31. The average molecular weight is 410 g/mol. The molecular weight excluding hydrogens is 366 g/mol. The van der Waals surface area contributed by atoms with Gasteiger partial charge in [0, 0.05) is 36.0 Å². The van der Waals surface area contributed by atoms with Crippen molar-refractivity contribution < 1.29 is 14.3 Å². The number of piperidine rings is 2. The molecule has 3 atom stereocenters. The number of ether oxygens (including phenoxy) is 1. The van der Waals surface area contributed by atoms with Gasteiger partial charge in [-0.25, -0.2) is 4.79 Å². The number of rotatable bonds is 2. The Morgan fingerprint density at radius 1 is 1.07 bits per heavy atom. The SMILES string of the molecule is CC.CC.CCOC(=O)N1C2CCC1CC(N1CCC3(CC1)CC(=O)NC3C)C2. The van der Waals surface area contributed by atoms with Crippen molar-refractivity contribution in [3.8, 4) is 0 Å². The Hall–Kier alpha value is -1.30. The minimum atomic E-state index is -0.115. The highest BCUT2D eigenvalue weighted by Gasteiger charge is 2.49. The molecule has 6 heteroatoms. The molecule has 29 heavy (non-hydrogen) atoms. The van der Waals surface area contributed by atoms with E-state index in [-0.39, 0.29) is 17.4 Å². The van der Waals surface area contributed by atoms with E-state index < -0.39 is 0 Å². The highest BCUT2D eigenvalue weighted by atomic mass is 16.6. The second-order valence-electron chi connectivity index (χ2n) is 8.48. The summed E-state index contributed by atoms with van der Waals surface area (Å²) in [5, 5.41) is 3.11. The van der Waals surface area contributed by atoms with Crippen LogP contribution in [0.25, 0.3) is 0 Å². The zero-order valence-corrected chi connectivity index (χ0v) is 19.5. The number of hydrogen-bond donors (Lipinski definition) is 1. The second kappa shape index (κ2) is 10.6. The Morgan fingerprint density at radius 2 is 1.62 bits per heavy atom. The van der Waals surface area contributed by atoms with Crippen molar-refractivity contribution in [2.75, 3.05) is 19.7 Å². The summed E-state index contributed by atoms with van der Waals surface area (Å²) in [5.41, 5.74) is 0.179. The van der Waals surface area contributed by atoms with Crippen LogP contribution in [-0.2, 0) is 9.53 Å². The molecule has 4 saturated heterocycles. The van der Waals surface area contributed by atoms with Gasteiger partial charge in [0.2, 0.25) is 5.91 Å². The zero-order valence-electron chi connectivity index (χ0n) is 19.5. The summed E-state index contributed by atoms with van der Waals surface area (Å²) in [6, 6.07) is 1.60. The maximum absolute atomic E-state index is 12.2. The molecule has 4 rings (SSSR count). The van der Waals surface area contributed by atoms with Crippen LogP contribution in [0.1, 0.15) is 86.5 Å². The normalized spacial score (nSPS) is 32.6. The van der Waals surface area contributed by atoms with E-state index in [4.69, 9.17) is 4.74 Å². The Morgan fingerprint density at radius 3 is 2.07 bits per heavy atom. The van der Waals surface area contributed by atoms with Crippen LogP contribution < -0.4 is 5.32 Å². The minimum absolute atomic E-state index is 0.115. The van der Waals surface area contributed by atoms with E-state index >= 15 is 0 Å². The van der Waals surface area contributed by atoms with E-state index in [9.17, 15) is 9.59 Å². The van der Waals surface area contributed by atoms with Gasteiger partial charge in [-0.1, -0.05) is 27.7 Å². The summed E-state index contributed by atoms with van der Waals surface area (Å²) in [5.74, 6) is 0.224. The molecule has 4 heterocycles. The molecule has 0 aromatic carbocycles. The Labute approximate surface area is 177 Å². The first-order valence-corrected chi connectivity index (χ1v) is 12.0. The molecule has 0 saturated carbocycles. The number of hydrogen-bond acceptors (Lipinski definition) is 4. The van der Waals surface area contributed by atoms with Gasteiger partial charge in [0.25, 0.3) is 0 Å². The Balaban J connectivity index is 0.000000707. The number of fused-ring (bicyclic) bond motifs is 2. The molecule has 0 radical (unpaired) electrons. The molecule has 6 nitrogen and oxygen atoms in total. The molecule has 3 unspecified atom stereocenters. The molecule has 0 aromatic heterocycles. The maximum atomic E-state index is 12.2. The van der Waals surface area contributed by atoms with E-state index in [0.29, 0.717) is 37.2 Å². The molecule has 2 bridgehead atoms. The van der Waals surface area contributed by atoms with Gasteiger partial charge in [-0.3, -0.25) is 4.79 Å². The van der Waals surface area contributed by atoms with Crippen molar-refractivity contribution in [1.29, 1.82) is 0 Å². The fourth-order valence-corrected chi connectivity index (χ4v) is 5.81. The lowest BCUT2D eigenvalue weighted by molar-refractivity contribution is -0.120. The van der Waals surface area contributed by atoms with E-state index in [1.54, 1.807) is 0 Å². The number of carbonyl (C=O) groups excluding carboxylic acids is 2. The molecule has 4 aliphatic heterocycles. The fraction of sp³-hybridized carbons (Fsp3) is 0.913. The number of amides is 2. The van der Waals surface area contributed by atoms with Crippen molar-refractivity contribution in [1.82, 2.24) is 15.1 Å². The van der Waals surface area contributed by atoms with Gasteiger partial charge in [-0.05, 0) is 65.5 Å². The number of likely N-dealkylation sites (tertiary alicyclic amines) is 1. The zero-order chi connectivity index (χ0) is 21.6. The summed E-state index contributed by atoms with van der Waals surface area (Å²) >= 11 is 0. The average Bonchev–Trinajstić information content (AvgIpc) is 3.17. The largest absolute Gasteiger partial charge is 0.450 e. The summed E-state index contributed by atoms with van der Waals surface area (Å²) in [4.78, 5) is 28.7. The lowest BCUT2D eigenvalue weighted by Gasteiger charge is -2.47. The minimum Gasteiger partial charge on any atom is -0.450 e. The number of nitrogens with one attached hydrogen (secondary N) is 1. The van der Waals surface area contributed by atoms with Gasteiger partial charge >= 0.3 is 6.09 Å². The molecule has 1 spiro atoms. The highest BCUT2D eigenvalue weighted by molar-refractivity contribution is 5.79. The fourth-order valence-electron chi connectivity index (χ4n) is 5.81. The van der Waals surface area contributed by atoms with Crippen LogP contribution in [0.2, 0.25) is 0 Å². The summed E-state index contributed by atoms with van der Waals surface area (Å²) in [6.45, 7) is 14.7. The van der Waals surface area contributed by atoms with Gasteiger partial charge in [0.1, 0.15) is 0 Å². The van der Waals surface area contributed by atoms with Gasteiger partial charge in [0.05, 0.1) is 6.61 Å². The maximum Gasteiger partial charge on any atom is 0.410 e. The predicted molar refractivity (Wildman–Crippen MR) is 117 cm³/mol. The molecule has 0 aliphatic carbocycles. The van der Waals surface area contributed by atoms with Crippen LogP contribution in [0.5, 0.6) is 0 Å². The standard InChI is InChI=1S/C19H31N3O3.2C2H6/c1-3-25-18(24)22-14-4-5-15(22)11-16(10-14)21-8-6-19(7-9-21)12-17(23)20-13(19)2;2*1-2/h13-16H,3-12H2,1-2H3,(H,20,23);2*1-2H3. The lowest BCUT2D eigenvalue weighted by atomic mass is 9.72. The molecular formula is C23H43N3O3. The van der Waals surface area contributed by atoms with Crippen LogP contribution in [0.15, 0.2) is 0 Å². The first kappa shape index (κ1) is 24.0. The molecule has 0 aromatic rings. The van der Waals surface area contributed by atoms with Crippen molar-refractivity contribution in [3.63, 3.8) is 0 Å². The van der Waals surface area contributed by atoms with Crippen molar-refractivity contribution in [3.05, 3.63) is 0 Å². The van der Waals surface area contributed by atoms with Crippen LogP contribution in [0.4, 0.5) is 4.79 Å². The van der Waals surface area contributed by atoms with E-state index in [1.165, 1.54) is 0 Å². The highest BCUT2D eigenvalue weighted by Crippen LogP contribution is 2.44. The van der Waals surface area contributed by atoms with Crippen molar-refractivity contribution >= 4 is 12.0 Å². The molecule has 2 amide bonds. The molecule has 1 N–H and O–H groups in total. The molecule has 168 valence electrons. The van der Waals surface area contributed by atoms with Gasteiger partial charge < -0.3 is 19.9 Å². The van der Waals surface area contributed by atoms with E-state index in [1.807, 2.05) is 39.5 Å². The van der Waals surface area contributed by atoms with E-state index in [2.05, 4.69) is 17.1 Å². The number of carbonyl (C=O) groups is 2. The summed E-state index contributed by atoms with van der Waals surface area (Å²) < 4.78 is 5.26. The van der Waals surface area contributed by atoms with Crippen LogP contribution in [0, 0.1) is 5.41 Å². The van der Waals surface area contributed by atoms with Crippen LogP contribution in [0.3, 0.4) is 0 Å². The second-order valence-corrected chi connectivity index (χ2v) is 8.48. The van der Waals surface area contributed by atoms with E-state index in [0.717, 1.165) is 51.6 Å². The monoisotopic (exact) mass is 409 g/mol. The molecule has 4 aliphatic rings. The van der Waals surface area contributed by atoms with Crippen molar-refractivity contribution in [2.45, 2.75) is 111 Å². The summed E-state index contributed by atoms with van der Waals surface area (Å²) in [7, 11) is 0. The first-order valence-electron chi connectivity index (χ1n) is 12.0. The van der Waals surface area contributed by atoms with Crippen molar-refractivity contribution in [2.24, 2.45) is 5.41 Å². The third kappa shape index (κ3) is 4.89. The number of nitrogens with zero attached hydrogens (tertiary/aromatic N) is 2. The molecule has 4 fully saturated rings. The van der Waals surface area contributed by atoms with Gasteiger partial charge in [-0.15, -0.1) is 0 Å². The first-order chi connectivity index (χ1) is 14.0.